The molecule has 0 aliphatic carbocycles. The largest absolute Gasteiger partial charge is 0.481 e. The number of aliphatic carboxylic acids is 2. The van der Waals surface area contributed by atoms with Crippen LogP contribution in [-0.2, 0) is 42.9 Å². The van der Waals surface area contributed by atoms with Crippen LogP contribution in [0.4, 0.5) is 0 Å². The van der Waals surface area contributed by atoms with Crippen LogP contribution in [0.25, 0.3) is 0 Å². The number of nitrogens with one attached hydrogen (secondary N) is 2. The number of rotatable bonds is 37. The van der Waals surface area contributed by atoms with Gasteiger partial charge in [0.2, 0.25) is 18.1 Å². The lowest BCUT2D eigenvalue weighted by atomic mass is 10.0. The average molecular weight is 674 g/mol. The van der Waals surface area contributed by atoms with Crippen molar-refractivity contribution in [3.05, 3.63) is 0 Å². The van der Waals surface area contributed by atoms with Gasteiger partial charge in [0.15, 0.2) is 0 Å². The maximum atomic E-state index is 12.0. The molecule has 13 heteroatoms. The van der Waals surface area contributed by atoms with Crippen molar-refractivity contribution < 1.29 is 53.1 Å². The molecule has 0 aromatic rings. The SMILES string of the molecule is O=[C][C@H](CCC(=O)O)NC(=O)CCCCCCCCCCCCCCCCC(=O)NCCOCCOCCOCCOCCC(=O)O. The number of hydrogen-bond acceptors (Lipinski definition) is 9. The Hall–Kier alpha value is -2.61. The van der Waals surface area contributed by atoms with Gasteiger partial charge in [-0.25, -0.2) is 0 Å². The minimum Gasteiger partial charge on any atom is -0.481 e. The lowest BCUT2D eigenvalue weighted by molar-refractivity contribution is -0.138. The summed E-state index contributed by atoms with van der Waals surface area (Å²) in [5.41, 5.74) is 0. The van der Waals surface area contributed by atoms with Crippen molar-refractivity contribution in [3.63, 3.8) is 0 Å². The zero-order valence-corrected chi connectivity index (χ0v) is 28.4. The molecule has 0 aliphatic rings. The third kappa shape index (κ3) is 36.1. The number of carboxylic acids is 2. The van der Waals surface area contributed by atoms with Gasteiger partial charge in [-0.15, -0.1) is 0 Å². The Labute approximate surface area is 281 Å². The third-order valence-corrected chi connectivity index (χ3v) is 7.33. The summed E-state index contributed by atoms with van der Waals surface area (Å²) < 4.78 is 21.3. The van der Waals surface area contributed by atoms with Gasteiger partial charge in [0.05, 0.1) is 65.3 Å². The van der Waals surface area contributed by atoms with E-state index in [1.54, 1.807) is 6.29 Å². The van der Waals surface area contributed by atoms with Crippen molar-refractivity contribution >= 4 is 30.0 Å². The lowest BCUT2D eigenvalue weighted by Crippen LogP contribution is -2.36. The van der Waals surface area contributed by atoms with Gasteiger partial charge >= 0.3 is 11.9 Å². The van der Waals surface area contributed by atoms with E-state index in [2.05, 4.69) is 10.6 Å². The van der Waals surface area contributed by atoms with Gasteiger partial charge < -0.3 is 39.8 Å². The summed E-state index contributed by atoms with van der Waals surface area (Å²) in [6, 6.07) is -0.841. The molecule has 0 rings (SSSR count). The summed E-state index contributed by atoms with van der Waals surface area (Å²) >= 11 is 0. The molecular formula is C34H61N2O11. The highest BCUT2D eigenvalue weighted by Crippen LogP contribution is 2.14. The fourth-order valence-electron chi connectivity index (χ4n) is 4.66. The minimum atomic E-state index is -0.997. The minimum absolute atomic E-state index is 0.0104. The summed E-state index contributed by atoms with van der Waals surface area (Å²) in [5.74, 6) is -2.03. The Morgan fingerprint density at radius 2 is 0.872 bits per heavy atom. The Balaban J connectivity index is 3.29. The Bertz CT molecular complexity index is 798. The second-order valence-corrected chi connectivity index (χ2v) is 11.6. The van der Waals surface area contributed by atoms with Crippen molar-refractivity contribution in [2.24, 2.45) is 0 Å². The van der Waals surface area contributed by atoms with E-state index in [9.17, 15) is 24.0 Å². The van der Waals surface area contributed by atoms with Gasteiger partial charge in [-0.05, 0) is 19.3 Å². The third-order valence-electron chi connectivity index (χ3n) is 7.33. The first-order chi connectivity index (χ1) is 22.8. The van der Waals surface area contributed by atoms with E-state index in [-0.39, 0.29) is 37.7 Å². The molecule has 0 aromatic heterocycles. The quantitative estimate of drug-likeness (QED) is 0.0687. The number of hydrogen-bond donors (Lipinski definition) is 4. The van der Waals surface area contributed by atoms with Crippen molar-refractivity contribution in [3.8, 4) is 0 Å². The van der Waals surface area contributed by atoms with Crippen LogP contribution in [0.3, 0.4) is 0 Å². The summed E-state index contributed by atoms with van der Waals surface area (Å²) in [6.45, 7) is 3.64. The summed E-state index contributed by atoms with van der Waals surface area (Å²) in [7, 11) is 0. The van der Waals surface area contributed by atoms with E-state index in [0.717, 1.165) is 44.9 Å². The summed E-state index contributed by atoms with van der Waals surface area (Å²) in [5, 5.41) is 22.6. The first-order valence-electron chi connectivity index (χ1n) is 17.5. The number of carbonyl (C=O) groups is 4. The molecule has 47 heavy (non-hydrogen) atoms. The van der Waals surface area contributed by atoms with E-state index in [1.165, 1.54) is 44.9 Å². The predicted molar refractivity (Wildman–Crippen MR) is 177 cm³/mol. The smallest absolute Gasteiger partial charge is 0.305 e. The van der Waals surface area contributed by atoms with Crippen molar-refractivity contribution in [2.75, 3.05) is 59.4 Å². The van der Waals surface area contributed by atoms with Crippen molar-refractivity contribution in [2.45, 2.75) is 128 Å². The molecule has 0 aliphatic heterocycles. The normalized spacial score (nSPS) is 11.7. The topological polar surface area (TPSA) is 187 Å². The second-order valence-electron chi connectivity index (χ2n) is 11.6. The highest BCUT2D eigenvalue weighted by atomic mass is 16.6. The molecule has 1 atom stereocenters. The van der Waals surface area contributed by atoms with Gasteiger partial charge in [-0.3, -0.25) is 24.0 Å². The Kier molecular flexibility index (Phi) is 32.8. The van der Waals surface area contributed by atoms with E-state index >= 15 is 0 Å². The zero-order valence-electron chi connectivity index (χ0n) is 28.4. The molecule has 0 unspecified atom stereocenters. The summed E-state index contributed by atoms with van der Waals surface area (Å²) in [6.07, 6.45) is 18.3. The molecule has 273 valence electrons. The van der Waals surface area contributed by atoms with Crippen molar-refractivity contribution in [1.82, 2.24) is 10.6 Å². The van der Waals surface area contributed by atoms with Crippen LogP contribution < -0.4 is 10.6 Å². The molecule has 4 N–H and O–H groups in total. The molecule has 0 aromatic carbocycles. The van der Waals surface area contributed by atoms with Crippen LogP contribution in [0.15, 0.2) is 0 Å². The molecule has 0 saturated carbocycles. The predicted octanol–water partition coefficient (Wildman–Crippen LogP) is 4.34. The van der Waals surface area contributed by atoms with Gasteiger partial charge in [0.25, 0.3) is 0 Å². The van der Waals surface area contributed by atoms with Gasteiger partial charge in [-0.2, -0.15) is 0 Å². The van der Waals surface area contributed by atoms with Crippen LogP contribution in [0.5, 0.6) is 0 Å². The maximum Gasteiger partial charge on any atom is 0.305 e. The molecular weight excluding hydrogens is 612 g/mol. The summed E-state index contributed by atoms with van der Waals surface area (Å²) in [4.78, 5) is 55.6. The molecule has 0 saturated heterocycles. The number of unbranched alkanes of at least 4 members (excludes halogenated alkanes) is 13. The Morgan fingerprint density at radius 1 is 0.489 bits per heavy atom. The average Bonchev–Trinajstić information content (AvgIpc) is 3.04. The highest BCUT2D eigenvalue weighted by Gasteiger charge is 2.13. The van der Waals surface area contributed by atoms with E-state index in [4.69, 9.17) is 29.2 Å². The fraction of sp³-hybridized carbons (Fsp3) is 0.853. The monoisotopic (exact) mass is 673 g/mol. The van der Waals surface area contributed by atoms with Gasteiger partial charge in [0, 0.05) is 25.8 Å². The van der Waals surface area contributed by atoms with Crippen LogP contribution in [0, 0.1) is 0 Å². The first kappa shape index (κ1) is 44.4. The van der Waals surface area contributed by atoms with Crippen LogP contribution in [0.2, 0.25) is 0 Å². The lowest BCUT2D eigenvalue weighted by Gasteiger charge is -2.10. The number of carbonyl (C=O) groups excluding carboxylic acids is 3. The van der Waals surface area contributed by atoms with Crippen molar-refractivity contribution in [1.29, 1.82) is 0 Å². The molecule has 0 bridgehead atoms. The van der Waals surface area contributed by atoms with Crippen LogP contribution in [-0.4, -0.2) is 106 Å². The highest BCUT2D eigenvalue weighted by molar-refractivity contribution is 5.80. The van der Waals surface area contributed by atoms with Crippen LogP contribution >= 0.6 is 0 Å². The molecule has 1 radical (unpaired) electrons. The van der Waals surface area contributed by atoms with E-state index < -0.39 is 18.0 Å². The van der Waals surface area contributed by atoms with E-state index in [0.29, 0.717) is 65.6 Å². The van der Waals surface area contributed by atoms with E-state index in [1.807, 2.05) is 0 Å². The number of amides is 2. The maximum absolute atomic E-state index is 12.0. The molecule has 13 nitrogen and oxygen atoms in total. The van der Waals surface area contributed by atoms with Crippen LogP contribution in [0.1, 0.15) is 122 Å². The Morgan fingerprint density at radius 3 is 1.30 bits per heavy atom. The number of carboxylic acid groups (broad SMARTS) is 2. The fourth-order valence-corrected chi connectivity index (χ4v) is 4.66. The van der Waals surface area contributed by atoms with Gasteiger partial charge in [-0.1, -0.05) is 77.0 Å². The standard InChI is InChI=1S/C34H61N2O11/c37-29-30(17-18-33(40)41)36-32(39)16-14-12-10-8-6-4-2-1-3-5-7-9-11-13-15-31(38)35-20-22-45-24-26-47-28-27-46-25-23-44-21-19-34(42)43/h30H,1-28H2,(H,35,38)(H,36,39)(H,40,41)(H,42,43)/t30-/m0/s1. The number of ether oxygens (including phenoxy) is 4. The first-order valence-corrected chi connectivity index (χ1v) is 17.5. The molecule has 0 fully saturated rings. The molecule has 2 amide bonds. The molecule has 0 spiro atoms. The second kappa shape index (κ2) is 34.7. The zero-order chi connectivity index (χ0) is 34.6. The molecule has 0 heterocycles. The van der Waals surface area contributed by atoms with Gasteiger partial charge in [0.1, 0.15) is 0 Å².